The van der Waals surface area contributed by atoms with Crippen LogP contribution in [0.15, 0.2) is 120 Å². The maximum absolute atomic E-state index is 11.6. The van der Waals surface area contributed by atoms with E-state index in [2.05, 4.69) is 4.99 Å². The van der Waals surface area contributed by atoms with Crippen LogP contribution in [0.2, 0.25) is 0 Å². The second-order valence-electron chi connectivity index (χ2n) is 8.05. The fourth-order valence-corrected chi connectivity index (χ4v) is 9.48. The molecule has 0 heterocycles. The fourth-order valence-electron chi connectivity index (χ4n) is 3.93. The summed E-state index contributed by atoms with van der Waals surface area (Å²) < 4.78 is 8.82. The second-order valence-corrected chi connectivity index (χ2v) is 13.8. The number of aromatic hydroxyl groups is 1. The Kier molecular flexibility index (Phi) is 6.95. The van der Waals surface area contributed by atoms with Gasteiger partial charge < -0.3 is 0 Å². The van der Waals surface area contributed by atoms with Gasteiger partial charge in [-0.1, -0.05) is 0 Å². The molecule has 5 rings (SSSR count). The molecule has 0 aliphatic carbocycles. The first-order valence-electron chi connectivity index (χ1n) is 11.3. The Morgan fingerprint density at radius 1 is 0.806 bits per heavy atom. The first-order valence-corrected chi connectivity index (χ1v) is 15.3. The van der Waals surface area contributed by atoms with E-state index in [4.69, 9.17) is 3.07 Å². The molecule has 0 aliphatic rings. The van der Waals surface area contributed by atoms with Gasteiger partial charge in [0, 0.05) is 0 Å². The number of rotatable bonds is 7. The molecular weight excluding hydrogens is 559 g/mol. The fraction of sp³-hybridized carbons (Fsp3) is 0. The summed E-state index contributed by atoms with van der Waals surface area (Å²) in [5.74, 6) is 0.453. The van der Waals surface area contributed by atoms with E-state index < -0.39 is 25.1 Å². The summed E-state index contributed by atoms with van der Waals surface area (Å²) in [6.45, 7) is 0. The Labute approximate surface area is 215 Å². The van der Waals surface area contributed by atoms with Crippen LogP contribution in [0, 0.1) is 10.1 Å². The third-order valence-corrected chi connectivity index (χ3v) is 11.8. The summed E-state index contributed by atoms with van der Waals surface area (Å²) in [6.07, 6.45) is 1.58. The molecule has 0 atom stereocenters. The molecule has 0 amide bonds. The summed E-state index contributed by atoms with van der Waals surface area (Å²) in [4.78, 5) is 15.7. The molecule has 0 saturated heterocycles. The zero-order valence-electron chi connectivity index (χ0n) is 19.1. The maximum atomic E-state index is 11.6. The molecule has 0 saturated carbocycles. The summed E-state index contributed by atoms with van der Waals surface area (Å²) in [5.41, 5.74) is 0.959. The van der Waals surface area contributed by atoms with E-state index in [1.165, 1.54) is 12.1 Å². The third kappa shape index (κ3) is 5.08. The number of nitrogens with zero attached hydrogens (tertiary/aromatic N) is 2. The average molecular weight is 580 g/mol. The van der Waals surface area contributed by atoms with Gasteiger partial charge in [0.15, 0.2) is 0 Å². The predicted molar refractivity (Wildman–Crippen MR) is 144 cm³/mol. The number of hydrogen-bond donors (Lipinski definition) is 1. The van der Waals surface area contributed by atoms with Crippen molar-refractivity contribution in [1.82, 2.24) is 0 Å². The molecule has 1 N–H and O–H groups in total. The van der Waals surface area contributed by atoms with Crippen molar-refractivity contribution < 1.29 is 13.1 Å². The van der Waals surface area contributed by atoms with Gasteiger partial charge in [0.1, 0.15) is 0 Å². The van der Waals surface area contributed by atoms with Crippen LogP contribution < -0.4 is 10.2 Å². The Hall–Kier alpha value is -4.17. The zero-order chi connectivity index (χ0) is 24.9. The summed E-state index contributed by atoms with van der Waals surface area (Å²) in [5, 5.41) is 23.9. The number of aliphatic imine (C=N–C) groups is 1. The van der Waals surface area contributed by atoms with Gasteiger partial charge in [-0.15, -0.1) is 0 Å². The van der Waals surface area contributed by atoms with E-state index >= 15 is 0 Å². The molecule has 1 radical (unpaired) electrons. The van der Waals surface area contributed by atoms with Crippen molar-refractivity contribution in [2.24, 2.45) is 4.99 Å². The quantitative estimate of drug-likeness (QED) is 0.121. The summed E-state index contributed by atoms with van der Waals surface area (Å²) in [6, 6.07) is 35.6. The van der Waals surface area contributed by atoms with Gasteiger partial charge in [0.05, 0.1) is 0 Å². The van der Waals surface area contributed by atoms with Gasteiger partial charge in [-0.2, -0.15) is 0 Å². The molecule has 36 heavy (non-hydrogen) atoms. The van der Waals surface area contributed by atoms with Crippen LogP contribution in [0.1, 0.15) is 5.56 Å². The van der Waals surface area contributed by atoms with E-state index in [1.807, 2.05) is 91.0 Å². The van der Waals surface area contributed by atoms with Crippen LogP contribution in [0.3, 0.4) is 0 Å². The molecule has 0 fully saturated rings. The summed E-state index contributed by atoms with van der Waals surface area (Å²) in [7, 11) is 0. The van der Waals surface area contributed by atoms with Gasteiger partial charge in [0.2, 0.25) is 0 Å². The minimum atomic E-state index is -2.98. The normalized spacial score (nSPS) is 11.2. The molecule has 0 aromatic heterocycles. The van der Waals surface area contributed by atoms with Crippen LogP contribution in [0.4, 0.5) is 11.4 Å². The first-order chi connectivity index (χ1) is 17.6. The summed E-state index contributed by atoms with van der Waals surface area (Å²) >= 11 is -2.98. The van der Waals surface area contributed by atoms with Gasteiger partial charge in [-0.3, -0.25) is 0 Å². The first kappa shape index (κ1) is 23.6. The van der Waals surface area contributed by atoms with Crippen LogP contribution in [0.25, 0.3) is 10.8 Å². The van der Waals surface area contributed by atoms with E-state index in [9.17, 15) is 15.2 Å². The number of nitro groups is 1. The van der Waals surface area contributed by atoms with Crippen LogP contribution in [-0.4, -0.2) is 36.4 Å². The van der Waals surface area contributed by atoms with Gasteiger partial charge >= 0.3 is 216 Å². The molecule has 0 aliphatic heterocycles. The van der Waals surface area contributed by atoms with Crippen molar-refractivity contribution in [3.8, 4) is 11.5 Å². The molecule has 6 nitrogen and oxygen atoms in total. The van der Waals surface area contributed by atoms with Gasteiger partial charge in [-0.05, 0) is 0 Å². The topological polar surface area (TPSA) is 85.0 Å². The standard InChI is InChI=1S/C17H12N2O4.2C6H5.Sn/c20-16-8-5-11-3-1-2-4-13(11)14(16)10-18-15-7-6-12(19(22)23)9-17(15)21;2*1-2-4-6-5-3-1;/h1-10,20-21H;2*1-5H;/q;;;+1/p-1. The molecule has 5 aromatic rings. The van der Waals surface area contributed by atoms with Crippen LogP contribution in [-0.2, 0) is 0 Å². The van der Waals surface area contributed by atoms with Crippen molar-refractivity contribution in [3.05, 3.63) is 131 Å². The second kappa shape index (κ2) is 10.6. The predicted octanol–water partition coefficient (Wildman–Crippen LogP) is 5.39. The van der Waals surface area contributed by atoms with E-state index in [1.54, 1.807) is 18.3 Å². The Balaban J connectivity index is 1.59. The number of non-ortho nitro benzene ring substituents is 1. The van der Waals surface area contributed by atoms with Crippen molar-refractivity contribution >= 4 is 55.7 Å². The van der Waals surface area contributed by atoms with Gasteiger partial charge in [0.25, 0.3) is 0 Å². The Morgan fingerprint density at radius 3 is 2.11 bits per heavy atom. The van der Waals surface area contributed by atoms with Crippen molar-refractivity contribution in [3.63, 3.8) is 0 Å². The van der Waals surface area contributed by atoms with E-state index in [-0.39, 0.29) is 11.4 Å². The van der Waals surface area contributed by atoms with Crippen molar-refractivity contribution in [1.29, 1.82) is 0 Å². The Morgan fingerprint density at radius 2 is 1.44 bits per heavy atom. The zero-order valence-corrected chi connectivity index (χ0v) is 22.0. The van der Waals surface area contributed by atoms with Crippen LogP contribution >= 0.6 is 0 Å². The minimum absolute atomic E-state index is 0.0687. The Bertz CT molecular complexity index is 1520. The number of phenols is 1. The molecule has 0 spiro atoms. The number of fused-ring (bicyclic) bond motifs is 1. The van der Waals surface area contributed by atoms with Crippen LogP contribution in [0.5, 0.6) is 11.5 Å². The van der Waals surface area contributed by atoms with Crippen molar-refractivity contribution in [2.75, 3.05) is 0 Å². The van der Waals surface area contributed by atoms with Crippen molar-refractivity contribution in [2.45, 2.75) is 0 Å². The van der Waals surface area contributed by atoms with E-state index in [0.29, 0.717) is 17.0 Å². The number of hydrogen-bond acceptors (Lipinski definition) is 5. The monoisotopic (exact) mass is 581 g/mol. The molecule has 0 unspecified atom stereocenters. The third-order valence-electron chi connectivity index (χ3n) is 5.72. The number of phenolic OH excluding ortho intramolecular Hbond substituents is 1. The van der Waals surface area contributed by atoms with E-state index in [0.717, 1.165) is 17.9 Å². The molecule has 7 heteroatoms. The molecule has 0 bridgehead atoms. The molecule has 175 valence electrons. The van der Waals surface area contributed by atoms with Gasteiger partial charge in [-0.25, -0.2) is 0 Å². The molecule has 5 aromatic carbocycles. The molecular formula is C29H21N2O4Sn. The number of benzene rings is 5. The number of nitro benzene ring substituents is 1. The SMILES string of the molecule is O=[N+]([O-])c1ccc(N=Cc2c(O)ccc3ccccc23)c([O][Sn]([c]2ccccc2)[c]2ccccc2)c1. The average Bonchev–Trinajstić information content (AvgIpc) is 2.92.